The summed E-state index contributed by atoms with van der Waals surface area (Å²) < 4.78 is 27.0. The van der Waals surface area contributed by atoms with Crippen LogP contribution in [0.1, 0.15) is 57.2 Å². The van der Waals surface area contributed by atoms with Crippen LogP contribution in [0.3, 0.4) is 0 Å². The minimum atomic E-state index is -0.306. The summed E-state index contributed by atoms with van der Waals surface area (Å²) in [5, 5.41) is 15.5. The van der Waals surface area contributed by atoms with Crippen LogP contribution in [0.5, 0.6) is 11.6 Å². The number of halogens is 1. The Balaban J connectivity index is 1.40. The van der Waals surface area contributed by atoms with Gasteiger partial charge in [-0.2, -0.15) is 10.1 Å². The fraction of sp³-hybridized carbons (Fsp3) is 0.560. The summed E-state index contributed by atoms with van der Waals surface area (Å²) >= 11 is 0. The molecule has 9 heteroatoms. The molecule has 1 aliphatic heterocycles. The van der Waals surface area contributed by atoms with Crippen molar-refractivity contribution < 1.29 is 19.0 Å². The zero-order valence-electron chi connectivity index (χ0n) is 19.6. The number of aromatic hydroxyl groups is 1. The number of unbranched alkanes of at least 4 members (excludes halogenated alkanes) is 1. The van der Waals surface area contributed by atoms with Crippen molar-refractivity contribution in [3.05, 3.63) is 36.0 Å². The van der Waals surface area contributed by atoms with Crippen LogP contribution in [0, 0.1) is 5.82 Å². The van der Waals surface area contributed by atoms with Crippen LogP contribution in [0.15, 0.2) is 24.5 Å². The average molecular weight is 470 g/mol. The largest absolute Gasteiger partial charge is 0.506 e. The second-order valence-corrected chi connectivity index (χ2v) is 9.20. The van der Waals surface area contributed by atoms with E-state index in [0.29, 0.717) is 24.8 Å². The summed E-state index contributed by atoms with van der Waals surface area (Å²) in [6.07, 6.45) is 8.82. The van der Waals surface area contributed by atoms with E-state index in [9.17, 15) is 9.50 Å². The lowest BCUT2D eigenvalue weighted by Gasteiger charge is -2.30. The van der Waals surface area contributed by atoms with Gasteiger partial charge in [0, 0.05) is 19.2 Å². The SMILES string of the molecule is CCCCc1nc2cc(N3CCOCC3)nc(O[C@H]3CC[C@@H](n4cc(F)cn4)CC3)c2cc1O. The topological polar surface area (TPSA) is 85.5 Å². The van der Waals surface area contributed by atoms with Gasteiger partial charge >= 0.3 is 0 Å². The van der Waals surface area contributed by atoms with E-state index >= 15 is 0 Å². The van der Waals surface area contributed by atoms with Crippen LogP contribution in [-0.4, -0.2) is 57.3 Å². The third kappa shape index (κ3) is 4.94. The number of ether oxygens (including phenoxy) is 2. The van der Waals surface area contributed by atoms with Crippen LogP contribution in [0.4, 0.5) is 10.2 Å². The van der Waals surface area contributed by atoms with Gasteiger partial charge in [-0.15, -0.1) is 0 Å². The number of fused-ring (bicyclic) bond motifs is 1. The number of hydrogen-bond acceptors (Lipinski definition) is 7. The van der Waals surface area contributed by atoms with Crippen LogP contribution < -0.4 is 9.64 Å². The summed E-state index contributed by atoms with van der Waals surface area (Å²) in [6, 6.07) is 3.92. The van der Waals surface area contributed by atoms with Crippen molar-refractivity contribution in [1.29, 1.82) is 0 Å². The molecule has 3 aromatic heterocycles. The van der Waals surface area contributed by atoms with E-state index in [1.54, 1.807) is 10.7 Å². The molecule has 0 atom stereocenters. The first kappa shape index (κ1) is 22.8. The highest BCUT2D eigenvalue weighted by Gasteiger charge is 2.26. The lowest BCUT2D eigenvalue weighted by molar-refractivity contribution is 0.120. The Kier molecular flexibility index (Phi) is 6.80. The van der Waals surface area contributed by atoms with Gasteiger partial charge in [0.2, 0.25) is 5.88 Å². The molecule has 0 spiro atoms. The molecule has 1 saturated heterocycles. The molecule has 182 valence electrons. The summed E-state index contributed by atoms with van der Waals surface area (Å²) in [4.78, 5) is 11.9. The van der Waals surface area contributed by atoms with Crippen molar-refractivity contribution in [2.45, 2.75) is 64.0 Å². The first-order chi connectivity index (χ1) is 16.6. The van der Waals surface area contributed by atoms with E-state index in [0.717, 1.165) is 74.8 Å². The van der Waals surface area contributed by atoms with Crippen LogP contribution in [0.25, 0.3) is 10.9 Å². The first-order valence-corrected chi connectivity index (χ1v) is 12.3. The molecule has 2 aliphatic rings. The maximum Gasteiger partial charge on any atom is 0.225 e. The zero-order chi connectivity index (χ0) is 23.5. The molecule has 3 aromatic rings. The standard InChI is InChI=1S/C25H32FN5O3/c1-2-3-4-21-23(32)13-20-22(28-21)14-24(30-9-11-33-12-10-30)29-25(20)34-19-7-5-18(6-8-19)31-16-17(26)15-27-31/h13-16,18-19,32H,2-12H2,1H3/t18-,19+. The molecule has 0 radical (unpaired) electrons. The molecule has 1 N–H and O–H groups in total. The monoisotopic (exact) mass is 469 g/mol. The molecule has 4 heterocycles. The molecule has 0 aromatic carbocycles. The van der Waals surface area contributed by atoms with Gasteiger partial charge in [-0.3, -0.25) is 4.68 Å². The fourth-order valence-corrected chi connectivity index (χ4v) is 4.83. The molecule has 34 heavy (non-hydrogen) atoms. The van der Waals surface area contributed by atoms with Gasteiger partial charge in [-0.05, 0) is 44.6 Å². The van der Waals surface area contributed by atoms with Gasteiger partial charge in [0.15, 0.2) is 5.82 Å². The summed E-state index contributed by atoms with van der Waals surface area (Å²) in [5.74, 6) is 1.22. The number of aryl methyl sites for hydroxylation is 1. The number of pyridine rings is 2. The van der Waals surface area contributed by atoms with Crippen molar-refractivity contribution >= 4 is 16.7 Å². The Bertz CT molecular complexity index is 1120. The Labute approximate surface area is 198 Å². The number of anilines is 1. The number of rotatable bonds is 7. The van der Waals surface area contributed by atoms with Gasteiger partial charge in [-0.25, -0.2) is 9.37 Å². The highest BCUT2D eigenvalue weighted by atomic mass is 19.1. The quantitative estimate of drug-likeness (QED) is 0.548. The molecule has 1 aliphatic carbocycles. The smallest absolute Gasteiger partial charge is 0.225 e. The second-order valence-electron chi connectivity index (χ2n) is 9.20. The van der Waals surface area contributed by atoms with E-state index in [2.05, 4.69) is 16.9 Å². The van der Waals surface area contributed by atoms with Crippen molar-refractivity contribution in [3.63, 3.8) is 0 Å². The molecule has 0 bridgehead atoms. The molecule has 8 nitrogen and oxygen atoms in total. The number of aromatic nitrogens is 4. The zero-order valence-corrected chi connectivity index (χ0v) is 19.6. The van der Waals surface area contributed by atoms with E-state index in [1.807, 2.05) is 6.07 Å². The number of hydrogen-bond donors (Lipinski definition) is 1. The van der Waals surface area contributed by atoms with Gasteiger partial charge in [0.25, 0.3) is 0 Å². The van der Waals surface area contributed by atoms with Gasteiger partial charge in [0.05, 0.1) is 48.2 Å². The first-order valence-electron chi connectivity index (χ1n) is 12.3. The van der Waals surface area contributed by atoms with Gasteiger partial charge in [-0.1, -0.05) is 13.3 Å². The molecule has 0 unspecified atom stereocenters. The van der Waals surface area contributed by atoms with Crippen LogP contribution in [0.2, 0.25) is 0 Å². The second kappa shape index (κ2) is 10.1. The predicted molar refractivity (Wildman–Crippen MR) is 127 cm³/mol. The molecule has 5 rings (SSSR count). The van der Waals surface area contributed by atoms with E-state index in [1.165, 1.54) is 12.4 Å². The van der Waals surface area contributed by atoms with Crippen LogP contribution in [-0.2, 0) is 11.2 Å². The summed E-state index contributed by atoms with van der Waals surface area (Å²) in [7, 11) is 0. The summed E-state index contributed by atoms with van der Waals surface area (Å²) in [6.45, 7) is 4.99. The molecular formula is C25H32FN5O3. The highest BCUT2D eigenvalue weighted by Crippen LogP contribution is 2.35. The predicted octanol–water partition coefficient (Wildman–Crippen LogP) is 4.41. The molecule has 2 fully saturated rings. The van der Waals surface area contributed by atoms with Crippen molar-refractivity contribution in [1.82, 2.24) is 19.7 Å². The maximum atomic E-state index is 13.4. The maximum absolute atomic E-state index is 13.4. The molecule has 0 amide bonds. The fourth-order valence-electron chi connectivity index (χ4n) is 4.83. The third-order valence-corrected chi connectivity index (χ3v) is 6.79. The minimum Gasteiger partial charge on any atom is -0.506 e. The Hall–Kier alpha value is -2.94. The Morgan fingerprint density at radius 3 is 2.65 bits per heavy atom. The third-order valence-electron chi connectivity index (χ3n) is 6.79. The van der Waals surface area contributed by atoms with Crippen molar-refractivity contribution in [2.75, 3.05) is 31.2 Å². The number of nitrogens with zero attached hydrogens (tertiary/aromatic N) is 5. The lowest BCUT2D eigenvalue weighted by Crippen LogP contribution is -2.36. The van der Waals surface area contributed by atoms with E-state index in [-0.39, 0.29) is 23.7 Å². The highest BCUT2D eigenvalue weighted by molar-refractivity contribution is 5.87. The summed E-state index contributed by atoms with van der Waals surface area (Å²) in [5.41, 5.74) is 1.50. The average Bonchev–Trinajstić information content (AvgIpc) is 3.30. The van der Waals surface area contributed by atoms with Gasteiger partial charge in [0.1, 0.15) is 17.7 Å². The molecule has 1 saturated carbocycles. The molecular weight excluding hydrogens is 437 g/mol. The van der Waals surface area contributed by atoms with E-state index < -0.39 is 0 Å². The number of morpholine rings is 1. The van der Waals surface area contributed by atoms with E-state index in [4.69, 9.17) is 19.4 Å². The van der Waals surface area contributed by atoms with Crippen molar-refractivity contribution in [2.24, 2.45) is 0 Å². The van der Waals surface area contributed by atoms with Crippen LogP contribution >= 0.6 is 0 Å². The minimum absolute atomic E-state index is 0.00536. The lowest BCUT2D eigenvalue weighted by atomic mass is 9.93. The normalized spacial score (nSPS) is 21.2. The van der Waals surface area contributed by atoms with Gasteiger partial charge < -0.3 is 19.5 Å². The Morgan fingerprint density at radius 2 is 1.94 bits per heavy atom. The van der Waals surface area contributed by atoms with Crippen molar-refractivity contribution in [3.8, 4) is 11.6 Å². The Morgan fingerprint density at radius 1 is 1.15 bits per heavy atom.